The first-order valence-electron chi connectivity index (χ1n) is 11.6. The molecule has 0 unspecified atom stereocenters. The normalized spacial score (nSPS) is 12.3. The summed E-state index contributed by atoms with van der Waals surface area (Å²) in [6.45, 7) is 0.858. The number of benzene rings is 2. The zero-order valence-electron chi connectivity index (χ0n) is 21.0. The number of hydrogen-bond donors (Lipinski definition) is 1. The molecule has 2 aromatic carbocycles. The lowest BCUT2D eigenvalue weighted by Gasteiger charge is -2.28. The zero-order chi connectivity index (χ0) is 27.2. The molecule has 3 heterocycles. The highest BCUT2D eigenvalue weighted by Gasteiger charge is 2.40. The number of nitrogens with zero attached hydrogens (tertiary/aromatic N) is 7. The van der Waals surface area contributed by atoms with Crippen LogP contribution < -0.4 is 4.74 Å². The zero-order valence-corrected chi connectivity index (χ0v) is 21.8. The van der Waals surface area contributed by atoms with Crippen molar-refractivity contribution in [3.8, 4) is 5.88 Å². The summed E-state index contributed by atoms with van der Waals surface area (Å²) < 4.78 is 35.8. The monoisotopic (exact) mass is 539 g/mol. The lowest BCUT2D eigenvalue weighted by atomic mass is 9.86. The van der Waals surface area contributed by atoms with Gasteiger partial charge < -0.3 is 9.84 Å². The van der Waals surface area contributed by atoms with Crippen LogP contribution in [0.5, 0.6) is 5.88 Å². The van der Waals surface area contributed by atoms with Crippen molar-refractivity contribution < 1.29 is 18.6 Å². The highest BCUT2D eigenvalue weighted by atomic mass is 35.5. The summed E-state index contributed by atoms with van der Waals surface area (Å²) in [6.07, 6.45) is 3.24. The number of ether oxygens (including phenoxy) is 1. The van der Waals surface area contributed by atoms with E-state index in [1.165, 1.54) is 41.0 Å². The molecule has 0 aliphatic rings. The van der Waals surface area contributed by atoms with E-state index in [9.17, 15) is 13.9 Å². The molecule has 0 bridgehead atoms. The first-order valence-corrected chi connectivity index (χ1v) is 12.0. The van der Waals surface area contributed by atoms with Gasteiger partial charge in [0.2, 0.25) is 5.88 Å². The number of halogens is 3. The Morgan fingerprint density at radius 1 is 0.947 bits per heavy atom. The molecular weight excluding hydrogens is 516 g/mol. The van der Waals surface area contributed by atoms with E-state index < -0.39 is 11.5 Å². The van der Waals surface area contributed by atoms with Crippen LogP contribution in [0.15, 0.2) is 54.9 Å². The topological polar surface area (TPSA) is 104 Å². The van der Waals surface area contributed by atoms with Crippen LogP contribution in [0.2, 0.25) is 5.02 Å². The molecule has 0 aliphatic carbocycles. The molecule has 196 valence electrons. The number of alkyl halides is 2. The Labute approximate surface area is 221 Å². The minimum Gasteiger partial charge on any atom is -0.481 e. The molecule has 0 atom stereocenters. The highest BCUT2D eigenvalue weighted by Crippen LogP contribution is 2.40. The van der Waals surface area contributed by atoms with Crippen molar-refractivity contribution in [2.75, 3.05) is 7.11 Å². The maximum absolute atomic E-state index is 13.7. The number of aliphatic hydroxyl groups is 1. The van der Waals surface area contributed by atoms with E-state index in [1.807, 2.05) is 0 Å². The Balaban J connectivity index is 1.66. The van der Waals surface area contributed by atoms with E-state index >= 15 is 0 Å². The third-order valence-corrected chi connectivity index (χ3v) is 7.03. The van der Waals surface area contributed by atoms with Crippen LogP contribution in [0.25, 0.3) is 10.9 Å². The molecule has 12 heteroatoms. The minimum absolute atomic E-state index is 0.0748. The molecular formula is C26H24ClF2N7O2. The van der Waals surface area contributed by atoms with Crippen LogP contribution in [0.1, 0.15) is 40.6 Å². The van der Waals surface area contributed by atoms with Crippen LogP contribution in [0.4, 0.5) is 8.78 Å². The predicted molar refractivity (Wildman–Crippen MR) is 136 cm³/mol. The third kappa shape index (κ3) is 4.27. The molecule has 5 rings (SSSR count). The van der Waals surface area contributed by atoms with Gasteiger partial charge in [0, 0.05) is 44.0 Å². The first kappa shape index (κ1) is 25.7. The number of rotatable bonds is 7. The SMILES string of the molecule is COc1nc2ccc(C(O)(c3cnnn3C)c3cnnn3C)cc2c(Cl)c1Cc1ccc(C(C)(F)F)cc1. The summed E-state index contributed by atoms with van der Waals surface area (Å²) in [4.78, 5) is 4.62. The van der Waals surface area contributed by atoms with Gasteiger partial charge in [-0.2, -0.15) is 0 Å². The molecule has 38 heavy (non-hydrogen) atoms. The molecule has 9 nitrogen and oxygen atoms in total. The highest BCUT2D eigenvalue weighted by molar-refractivity contribution is 6.36. The smallest absolute Gasteiger partial charge is 0.270 e. The van der Waals surface area contributed by atoms with Crippen LogP contribution in [0.3, 0.4) is 0 Å². The molecule has 1 N–H and O–H groups in total. The molecule has 0 radical (unpaired) electrons. The van der Waals surface area contributed by atoms with E-state index in [-0.39, 0.29) is 5.56 Å². The van der Waals surface area contributed by atoms with E-state index in [0.29, 0.717) is 50.7 Å². The molecule has 0 saturated carbocycles. The molecule has 0 aliphatic heterocycles. The van der Waals surface area contributed by atoms with Crippen LogP contribution in [-0.2, 0) is 32.0 Å². The molecule has 0 spiro atoms. The summed E-state index contributed by atoms with van der Waals surface area (Å²) in [6, 6.07) is 11.3. The van der Waals surface area contributed by atoms with Crippen molar-refractivity contribution in [3.05, 3.63) is 93.5 Å². The summed E-state index contributed by atoms with van der Waals surface area (Å²) in [5.41, 5.74) is 1.37. The summed E-state index contributed by atoms with van der Waals surface area (Å²) in [7, 11) is 4.84. The maximum Gasteiger partial charge on any atom is 0.270 e. The van der Waals surface area contributed by atoms with Crippen molar-refractivity contribution in [1.82, 2.24) is 35.0 Å². The Morgan fingerprint density at radius 2 is 1.53 bits per heavy atom. The van der Waals surface area contributed by atoms with Crippen molar-refractivity contribution >= 4 is 22.5 Å². The van der Waals surface area contributed by atoms with Gasteiger partial charge in [0.05, 0.1) is 30.0 Å². The molecule has 5 aromatic rings. The number of pyridine rings is 1. The van der Waals surface area contributed by atoms with Crippen molar-refractivity contribution in [1.29, 1.82) is 0 Å². The van der Waals surface area contributed by atoms with Gasteiger partial charge in [-0.1, -0.05) is 52.4 Å². The fourth-order valence-corrected chi connectivity index (χ4v) is 4.87. The number of aromatic nitrogens is 7. The third-order valence-electron chi connectivity index (χ3n) is 6.60. The minimum atomic E-state index is -2.93. The van der Waals surface area contributed by atoms with Gasteiger partial charge in [-0.3, -0.25) is 0 Å². The van der Waals surface area contributed by atoms with E-state index in [1.54, 1.807) is 44.4 Å². The van der Waals surface area contributed by atoms with Gasteiger partial charge >= 0.3 is 0 Å². The second-order valence-electron chi connectivity index (χ2n) is 9.10. The van der Waals surface area contributed by atoms with Gasteiger partial charge in [-0.05, 0) is 23.3 Å². The average Bonchev–Trinajstić information content (AvgIpc) is 3.53. The molecule has 0 fully saturated rings. The Bertz CT molecular complexity index is 1590. The lowest BCUT2D eigenvalue weighted by molar-refractivity contribution is 0.0174. The first-order chi connectivity index (χ1) is 18.0. The second-order valence-corrected chi connectivity index (χ2v) is 9.48. The van der Waals surface area contributed by atoms with Gasteiger partial charge in [0.25, 0.3) is 5.92 Å². The molecule has 0 saturated heterocycles. The summed E-state index contributed by atoms with van der Waals surface area (Å²) in [5.74, 6) is -2.61. The number of methoxy groups -OCH3 is 1. The lowest BCUT2D eigenvalue weighted by Crippen LogP contribution is -2.33. The van der Waals surface area contributed by atoms with Crippen molar-refractivity contribution in [2.24, 2.45) is 14.1 Å². The van der Waals surface area contributed by atoms with E-state index in [0.717, 1.165) is 12.5 Å². The van der Waals surface area contributed by atoms with Gasteiger partial charge in [0.1, 0.15) is 11.4 Å². The van der Waals surface area contributed by atoms with Crippen molar-refractivity contribution in [3.63, 3.8) is 0 Å². The summed E-state index contributed by atoms with van der Waals surface area (Å²) in [5, 5.41) is 29.0. The number of fused-ring (bicyclic) bond motifs is 1. The Kier molecular flexibility index (Phi) is 6.36. The van der Waals surface area contributed by atoms with E-state index in [2.05, 4.69) is 25.6 Å². The van der Waals surface area contributed by atoms with Gasteiger partial charge in [0.15, 0.2) is 5.60 Å². The fourth-order valence-electron chi connectivity index (χ4n) is 4.57. The molecule has 0 amide bonds. The quantitative estimate of drug-likeness (QED) is 0.331. The van der Waals surface area contributed by atoms with Gasteiger partial charge in [-0.15, -0.1) is 10.2 Å². The van der Waals surface area contributed by atoms with Crippen LogP contribution in [-0.4, -0.2) is 47.2 Å². The fraction of sp³-hybridized carbons (Fsp3) is 0.269. The Morgan fingerprint density at radius 3 is 2.03 bits per heavy atom. The van der Waals surface area contributed by atoms with Gasteiger partial charge in [-0.25, -0.2) is 23.1 Å². The largest absolute Gasteiger partial charge is 0.481 e. The second kappa shape index (κ2) is 9.41. The van der Waals surface area contributed by atoms with Crippen molar-refractivity contribution in [2.45, 2.75) is 24.9 Å². The Hall–Kier alpha value is -3.96. The maximum atomic E-state index is 13.7. The number of hydrogen-bond acceptors (Lipinski definition) is 7. The molecule has 3 aromatic heterocycles. The summed E-state index contributed by atoms with van der Waals surface area (Å²) >= 11 is 6.93. The van der Waals surface area contributed by atoms with Crippen LogP contribution in [0, 0.1) is 0 Å². The predicted octanol–water partition coefficient (Wildman–Crippen LogP) is 4.14. The van der Waals surface area contributed by atoms with Crippen LogP contribution >= 0.6 is 11.6 Å². The average molecular weight is 540 g/mol. The van der Waals surface area contributed by atoms with E-state index in [4.69, 9.17) is 16.3 Å². The standard InChI is InChI=1S/C26H24ClF2N7O2/c1-25(28,29)16-7-5-15(6-8-16)11-19-23(27)18-12-17(9-10-20(18)32-24(19)38-4)26(37,21-13-30-33-35(21)2)22-14-31-34-36(22)3/h5-10,12-14,37H,11H2,1-4H3. The number of aryl methyl sites for hydroxylation is 2.